The van der Waals surface area contributed by atoms with Crippen LogP contribution in [0, 0.1) is 6.92 Å². The normalized spacial score (nSPS) is 15.1. The van der Waals surface area contributed by atoms with Gasteiger partial charge in [0.2, 0.25) is 0 Å². The molecule has 1 fully saturated rings. The molecule has 1 saturated heterocycles. The number of carbonyl (C=O) groups excluding carboxylic acids is 1. The SMILES string of the molecule is Cc1cc(CN2CCC(Oc3cccc(C(=O)NCc4cccnc4)c3)CC2)n[nH]1. The lowest BCUT2D eigenvalue weighted by Crippen LogP contribution is -2.37. The number of pyridine rings is 1. The third kappa shape index (κ3) is 5.45. The van der Waals surface area contributed by atoms with E-state index in [-0.39, 0.29) is 12.0 Å². The molecule has 7 heteroatoms. The molecular formula is C23H27N5O2. The van der Waals surface area contributed by atoms with Gasteiger partial charge in [-0.2, -0.15) is 5.10 Å². The summed E-state index contributed by atoms with van der Waals surface area (Å²) in [5.41, 5.74) is 3.74. The molecule has 30 heavy (non-hydrogen) atoms. The van der Waals surface area contributed by atoms with E-state index in [0.29, 0.717) is 12.1 Å². The zero-order valence-corrected chi connectivity index (χ0v) is 17.2. The summed E-state index contributed by atoms with van der Waals surface area (Å²) in [5, 5.41) is 10.2. The predicted octanol–water partition coefficient (Wildman–Crippen LogP) is 3.09. The predicted molar refractivity (Wildman–Crippen MR) is 114 cm³/mol. The maximum Gasteiger partial charge on any atom is 0.251 e. The summed E-state index contributed by atoms with van der Waals surface area (Å²) < 4.78 is 6.17. The number of ether oxygens (including phenoxy) is 1. The maximum atomic E-state index is 12.5. The van der Waals surface area contributed by atoms with Crippen molar-refractivity contribution in [2.24, 2.45) is 0 Å². The lowest BCUT2D eigenvalue weighted by molar-refractivity contribution is 0.0932. The van der Waals surface area contributed by atoms with E-state index in [4.69, 9.17) is 4.74 Å². The summed E-state index contributed by atoms with van der Waals surface area (Å²) in [5.74, 6) is 0.624. The van der Waals surface area contributed by atoms with Crippen LogP contribution in [0.3, 0.4) is 0 Å². The van der Waals surface area contributed by atoms with Crippen molar-refractivity contribution in [2.45, 2.75) is 39.0 Å². The monoisotopic (exact) mass is 405 g/mol. The fourth-order valence-electron chi connectivity index (χ4n) is 3.66. The van der Waals surface area contributed by atoms with Crippen LogP contribution < -0.4 is 10.1 Å². The van der Waals surface area contributed by atoms with Crippen LogP contribution in [0.25, 0.3) is 0 Å². The molecule has 2 aromatic heterocycles. The van der Waals surface area contributed by atoms with Crippen molar-refractivity contribution >= 4 is 5.91 Å². The highest BCUT2D eigenvalue weighted by Gasteiger charge is 2.21. The Bertz CT molecular complexity index is 964. The molecule has 0 aliphatic carbocycles. The van der Waals surface area contributed by atoms with Gasteiger partial charge in [-0.05, 0) is 55.7 Å². The lowest BCUT2D eigenvalue weighted by atomic mass is 10.1. The topological polar surface area (TPSA) is 83.1 Å². The fourth-order valence-corrected chi connectivity index (χ4v) is 3.66. The van der Waals surface area contributed by atoms with Crippen molar-refractivity contribution < 1.29 is 9.53 Å². The number of amides is 1. The molecule has 2 N–H and O–H groups in total. The van der Waals surface area contributed by atoms with Gasteiger partial charge in [0.25, 0.3) is 5.91 Å². The summed E-state index contributed by atoms with van der Waals surface area (Å²) >= 11 is 0. The molecule has 1 aromatic carbocycles. The molecule has 7 nitrogen and oxygen atoms in total. The Morgan fingerprint density at radius 2 is 2.10 bits per heavy atom. The number of aromatic amines is 1. The van der Waals surface area contributed by atoms with Gasteiger partial charge in [0.1, 0.15) is 11.9 Å². The first kappa shape index (κ1) is 20.1. The second kappa shape index (κ2) is 9.54. The number of nitrogens with zero attached hydrogens (tertiary/aromatic N) is 3. The number of aryl methyl sites for hydroxylation is 1. The first-order valence-corrected chi connectivity index (χ1v) is 10.3. The number of carbonyl (C=O) groups is 1. The number of hydrogen-bond donors (Lipinski definition) is 2. The zero-order valence-electron chi connectivity index (χ0n) is 17.2. The quantitative estimate of drug-likeness (QED) is 0.631. The number of H-pyrrole nitrogens is 1. The minimum Gasteiger partial charge on any atom is -0.490 e. The summed E-state index contributed by atoms with van der Waals surface area (Å²) in [7, 11) is 0. The highest BCUT2D eigenvalue weighted by Crippen LogP contribution is 2.21. The van der Waals surface area contributed by atoms with Crippen molar-refractivity contribution in [3.63, 3.8) is 0 Å². The highest BCUT2D eigenvalue weighted by atomic mass is 16.5. The Morgan fingerprint density at radius 3 is 2.83 bits per heavy atom. The Hall–Kier alpha value is -3.19. The minimum absolute atomic E-state index is 0.117. The summed E-state index contributed by atoms with van der Waals surface area (Å²) in [6.07, 6.45) is 5.55. The fraction of sp³-hybridized carbons (Fsp3) is 0.348. The zero-order chi connectivity index (χ0) is 20.8. The molecule has 156 valence electrons. The third-order valence-corrected chi connectivity index (χ3v) is 5.25. The lowest BCUT2D eigenvalue weighted by Gasteiger charge is -2.31. The number of piperidine rings is 1. The van der Waals surface area contributed by atoms with E-state index >= 15 is 0 Å². The number of benzene rings is 1. The van der Waals surface area contributed by atoms with Crippen molar-refractivity contribution in [2.75, 3.05) is 13.1 Å². The molecular weight excluding hydrogens is 378 g/mol. The van der Waals surface area contributed by atoms with Gasteiger partial charge in [0, 0.05) is 49.8 Å². The molecule has 0 atom stereocenters. The van der Waals surface area contributed by atoms with Crippen molar-refractivity contribution in [1.29, 1.82) is 0 Å². The van der Waals surface area contributed by atoms with Crippen LogP contribution >= 0.6 is 0 Å². The molecule has 1 amide bonds. The second-order valence-corrected chi connectivity index (χ2v) is 7.71. The summed E-state index contributed by atoms with van der Waals surface area (Å²) in [6, 6.07) is 13.3. The van der Waals surface area contributed by atoms with Crippen LogP contribution in [0.15, 0.2) is 54.9 Å². The van der Waals surface area contributed by atoms with Gasteiger partial charge in [-0.15, -0.1) is 0 Å². The van der Waals surface area contributed by atoms with Crippen molar-refractivity contribution in [1.82, 2.24) is 25.4 Å². The van der Waals surface area contributed by atoms with Gasteiger partial charge in [0.15, 0.2) is 0 Å². The van der Waals surface area contributed by atoms with E-state index in [1.807, 2.05) is 37.3 Å². The number of aromatic nitrogens is 3. The number of hydrogen-bond acceptors (Lipinski definition) is 5. The van der Waals surface area contributed by atoms with Gasteiger partial charge in [0.05, 0.1) is 5.69 Å². The third-order valence-electron chi connectivity index (χ3n) is 5.25. The van der Waals surface area contributed by atoms with Crippen LogP contribution in [-0.2, 0) is 13.1 Å². The van der Waals surface area contributed by atoms with Gasteiger partial charge in [-0.3, -0.25) is 19.8 Å². The smallest absolute Gasteiger partial charge is 0.251 e. The number of nitrogens with one attached hydrogen (secondary N) is 2. The largest absolute Gasteiger partial charge is 0.490 e. The standard InChI is InChI=1S/C23H27N5O2/c1-17-12-20(27-26-17)16-28-10-7-21(8-11-28)30-22-6-2-5-19(13-22)23(29)25-15-18-4-3-9-24-14-18/h2-6,9,12-14,21H,7-8,10-11,15-16H2,1H3,(H,25,29)(H,26,27). The number of likely N-dealkylation sites (tertiary alicyclic amines) is 1. The minimum atomic E-state index is -0.117. The van der Waals surface area contributed by atoms with Crippen LogP contribution in [0.1, 0.15) is 40.2 Å². The van der Waals surface area contributed by atoms with Gasteiger partial charge in [-0.25, -0.2) is 0 Å². The Labute approximate surface area is 176 Å². The van der Waals surface area contributed by atoms with Crippen molar-refractivity contribution in [3.8, 4) is 5.75 Å². The average Bonchev–Trinajstić information content (AvgIpc) is 3.19. The average molecular weight is 406 g/mol. The molecule has 0 saturated carbocycles. The molecule has 0 unspecified atom stereocenters. The molecule has 4 rings (SSSR count). The van der Waals surface area contributed by atoms with E-state index in [1.165, 1.54) is 0 Å². The molecule has 1 aliphatic heterocycles. The van der Waals surface area contributed by atoms with Crippen LogP contribution in [0.2, 0.25) is 0 Å². The van der Waals surface area contributed by atoms with E-state index in [9.17, 15) is 4.79 Å². The van der Waals surface area contributed by atoms with Crippen LogP contribution in [0.5, 0.6) is 5.75 Å². The van der Waals surface area contributed by atoms with E-state index in [1.54, 1.807) is 18.5 Å². The highest BCUT2D eigenvalue weighted by molar-refractivity contribution is 5.94. The first-order chi connectivity index (χ1) is 14.7. The molecule has 0 bridgehead atoms. The first-order valence-electron chi connectivity index (χ1n) is 10.3. The molecule has 0 radical (unpaired) electrons. The van der Waals surface area contributed by atoms with Gasteiger partial charge >= 0.3 is 0 Å². The van der Waals surface area contributed by atoms with E-state index < -0.39 is 0 Å². The van der Waals surface area contributed by atoms with E-state index in [0.717, 1.165) is 55.2 Å². The number of rotatable bonds is 7. The Morgan fingerprint density at radius 1 is 1.23 bits per heavy atom. The Kier molecular flexibility index (Phi) is 6.39. The van der Waals surface area contributed by atoms with Crippen LogP contribution in [-0.4, -0.2) is 45.2 Å². The summed E-state index contributed by atoms with van der Waals surface area (Å²) in [4.78, 5) is 18.9. The second-order valence-electron chi connectivity index (χ2n) is 7.71. The van der Waals surface area contributed by atoms with E-state index in [2.05, 4.69) is 31.5 Å². The molecule has 0 spiro atoms. The van der Waals surface area contributed by atoms with Crippen LogP contribution in [0.4, 0.5) is 0 Å². The van der Waals surface area contributed by atoms with Gasteiger partial charge in [-0.1, -0.05) is 12.1 Å². The summed E-state index contributed by atoms with van der Waals surface area (Å²) in [6.45, 7) is 5.28. The Balaban J connectivity index is 1.26. The molecule has 1 aliphatic rings. The maximum absolute atomic E-state index is 12.5. The van der Waals surface area contributed by atoms with Gasteiger partial charge < -0.3 is 10.1 Å². The molecule has 3 heterocycles. The van der Waals surface area contributed by atoms with Crippen molar-refractivity contribution in [3.05, 3.63) is 77.4 Å². The molecule has 3 aromatic rings.